The fraction of sp³-hybridized carbons (Fsp3) is 0.500. The number of carbonyl (C=O) groups is 1. The number of benzene rings is 1. The number of nitrogens with zero attached hydrogens (tertiary/aromatic N) is 5. The van der Waals surface area contributed by atoms with Crippen molar-refractivity contribution in [3.05, 3.63) is 40.5 Å². The molecule has 2 aliphatic rings. The summed E-state index contributed by atoms with van der Waals surface area (Å²) in [6, 6.07) is 5.78. The lowest BCUT2D eigenvalue weighted by atomic mass is 10.1. The van der Waals surface area contributed by atoms with Crippen LogP contribution in [0.5, 0.6) is 0 Å². The second-order valence-corrected chi connectivity index (χ2v) is 8.83. The number of likely N-dealkylation sites (N-methyl/N-ethyl adjacent to an activating group) is 1. The number of anilines is 1. The molecule has 1 aliphatic carbocycles. The highest BCUT2D eigenvalue weighted by Crippen LogP contribution is 2.41. The Hall–Kier alpha value is -2.25. The van der Waals surface area contributed by atoms with Crippen molar-refractivity contribution >= 4 is 23.3 Å². The highest BCUT2D eigenvalue weighted by molar-refractivity contribution is 6.31. The van der Waals surface area contributed by atoms with Gasteiger partial charge >= 0.3 is 0 Å². The van der Waals surface area contributed by atoms with Crippen LogP contribution in [-0.4, -0.2) is 71.6 Å². The van der Waals surface area contributed by atoms with Crippen molar-refractivity contribution < 1.29 is 9.18 Å². The van der Waals surface area contributed by atoms with Crippen LogP contribution in [0.25, 0.3) is 11.4 Å². The van der Waals surface area contributed by atoms with Gasteiger partial charge in [-0.15, -0.1) is 0 Å². The van der Waals surface area contributed by atoms with Crippen molar-refractivity contribution in [1.29, 1.82) is 0 Å². The van der Waals surface area contributed by atoms with E-state index in [9.17, 15) is 9.18 Å². The van der Waals surface area contributed by atoms with Crippen molar-refractivity contribution in [3.8, 4) is 11.4 Å². The first kappa shape index (κ1) is 21.0. The monoisotopic (exact) mass is 431 g/mol. The third kappa shape index (κ3) is 4.27. The van der Waals surface area contributed by atoms with Crippen molar-refractivity contribution in [2.75, 3.05) is 45.2 Å². The topological polar surface area (TPSA) is 52.6 Å². The number of halogens is 2. The summed E-state index contributed by atoms with van der Waals surface area (Å²) in [5, 5.41) is 0.671. The number of alkyl halides is 1. The van der Waals surface area contributed by atoms with Crippen molar-refractivity contribution in [3.63, 3.8) is 0 Å². The minimum absolute atomic E-state index is 0.279. The molecule has 2 heterocycles. The number of amides is 1. The third-order valence-electron chi connectivity index (χ3n) is 5.90. The van der Waals surface area contributed by atoms with Gasteiger partial charge in [0.2, 0.25) is 0 Å². The minimum Gasteiger partial charge on any atom is -0.354 e. The van der Waals surface area contributed by atoms with E-state index in [4.69, 9.17) is 16.6 Å². The lowest BCUT2D eigenvalue weighted by Crippen LogP contribution is -2.45. The van der Waals surface area contributed by atoms with Crippen molar-refractivity contribution in [2.45, 2.75) is 32.0 Å². The standard InChI is InChI=1S/C22H27ClFN5O/c1-15-4-5-16(12-18(15)23)19-25-13-17(14-28(3)21(30)22(24)6-7-22)20(26-19)29-10-8-27(2)9-11-29/h4-5,12-13H,6-11,14H2,1-3H3. The molecular formula is C22H27ClFN5O. The van der Waals surface area contributed by atoms with Crippen LogP contribution in [0.1, 0.15) is 24.0 Å². The summed E-state index contributed by atoms with van der Waals surface area (Å²) in [5.41, 5.74) is 0.985. The Balaban J connectivity index is 1.66. The van der Waals surface area contributed by atoms with Crippen LogP contribution < -0.4 is 4.90 Å². The van der Waals surface area contributed by atoms with Gasteiger partial charge in [-0.1, -0.05) is 23.7 Å². The number of hydrogen-bond acceptors (Lipinski definition) is 5. The molecule has 0 spiro atoms. The van der Waals surface area contributed by atoms with E-state index in [1.165, 1.54) is 4.90 Å². The van der Waals surface area contributed by atoms with E-state index in [1.807, 2.05) is 25.1 Å². The second kappa shape index (κ2) is 8.12. The molecule has 1 amide bonds. The number of hydrogen-bond donors (Lipinski definition) is 0. The summed E-state index contributed by atoms with van der Waals surface area (Å²) in [6.07, 6.45) is 2.38. The van der Waals surface area contributed by atoms with Gasteiger partial charge in [-0.3, -0.25) is 4.79 Å². The van der Waals surface area contributed by atoms with Gasteiger partial charge in [0.25, 0.3) is 5.91 Å². The van der Waals surface area contributed by atoms with Crippen LogP contribution >= 0.6 is 11.6 Å². The molecule has 0 radical (unpaired) electrons. The van der Waals surface area contributed by atoms with Crippen LogP contribution in [0.2, 0.25) is 5.02 Å². The van der Waals surface area contributed by atoms with Crippen molar-refractivity contribution in [1.82, 2.24) is 19.8 Å². The van der Waals surface area contributed by atoms with Gasteiger partial charge in [-0.25, -0.2) is 14.4 Å². The first-order valence-corrected chi connectivity index (χ1v) is 10.6. The van der Waals surface area contributed by atoms with Crippen LogP contribution in [0.4, 0.5) is 10.2 Å². The normalized spacial score (nSPS) is 18.4. The van der Waals surface area contributed by atoms with Gasteiger partial charge in [-0.2, -0.15) is 0 Å². The number of rotatable bonds is 5. The lowest BCUT2D eigenvalue weighted by molar-refractivity contribution is -0.137. The predicted octanol–water partition coefficient (Wildman–Crippen LogP) is 3.32. The summed E-state index contributed by atoms with van der Waals surface area (Å²) in [6.45, 7) is 5.75. The summed E-state index contributed by atoms with van der Waals surface area (Å²) in [5.74, 6) is 0.932. The van der Waals surface area contributed by atoms with E-state index < -0.39 is 11.6 Å². The first-order chi connectivity index (χ1) is 14.3. The van der Waals surface area contributed by atoms with Crippen LogP contribution in [0.3, 0.4) is 0 Å². The molecule has 1 aromatic carbocycles. The molecule has 1 aliphatic heterocycles. The van der Waals surface area contributed by atoms with E-state index in [0.29, 0.717) is 23.7 Å². The maximum absolute atomic E-state index is 14.2. The van der Waals surface area contributed by atoms with E-state index in [2.05, 4.69) is 21.8 Å². The molecule has 4 rings (SSSR count). The van der Waals surface area contributed by atoms with Gasteiger partial charge in [0.05, 0.1) is 6.54 Å². The fourth-order valence-electron chi connectivity index (χ4n) is 3.67. The molecule has 2 fully saturated rings. The van der Waals surface area contributed by atoms with Gasteiger partial charge in [0.1, 0.15) is 5.82 Å². The Morgan fingerprint density at radius 2 is 1.97 bits per heavy atom. The largest absolute Gasteiger partial charge is 0.354 e. The van der Waals surface area contributed by atoms with E-state index in [1.54, 1.807) is 13.2 Å². The quantitative estimate of drug-likeness (QED) is 0.727. The highest BCUT2D eigenvalue weighted by Gasteiger charge is 2.52. The molecular weight excluding hydrogens is 405 g/mol. The van der Waals surface area contributed by atoms with Gasteiger partial charge < -0.3 is 14.7 Å². The Morgan fingerprint density at radius 3 is 2.60 bits per heavy atom. The van der Waals surface area contributed by atoms with E-state index in [0.717, 1.165) is 48.7 Å². The van der Waals surface area contributed by atoms with E-state index >= 15 is 0 Å². The SMILES string of the molecule is Cc1ccc(-c2ncc(CN(C)C(=O)C3(F)CC3)c(N3CCN(C)CC3)n2)cc1Cl. The minimum atomic E-state index is -1.68. The van der Waals surface area contributed by atoms with Crippen LogP contribution in [0.15, 0.2) is 24.4 Å². The highest BCUT2D eigenvalue weighted by atomic mass is 35.5. The Bertz CT molecular complexity index is 957. The number of aryl methyl sites for hydroxylation is 1. The molecule has 2 aromatic rings. The molecule has 1 aromatic heterocycles. The third-order valence-corrected chi connectivity index (χ3v) is 6.31. The van der Waals surface area contributed by atoms with Gasteiger partial charge in [0, 0.05) is 55.6 Å². The molecule has 160 valence electrons. The molecule has 6 nitrogen and oxygen atoms in total. The lowest BCUT2D eigenvalue weighted by Gasteiger charge is -2.34. The molecule has 1 saturated heterocycles. The van der Waals surface area contributed by atoms with Crippen molar-refractivity contribution in [2.24, 2.45) is 0 Å². The summed E-state index contributed by atoms with van der Waals surface area (Å²) in [7, 11) is 3.74. The molecule has 0 N–H and O–H groups in total. The first-order valence-electron chi connectivity index (χ1n) is 10.3. The van der Waals surface area contributed by atoms with Gasteiger partial charge in [-0.05, 0) is 38.4 Å². The average molecular weight is 432 g/mol. The zero-order valence-corrected chi connectivity index (χ0v) is 18.4. The molecule has 30 heavy (non-hydrogen) atoms. The number of aromatic nitrogens is 2. The van der Waals surface area contributed by atoms with E-state index in [-0.39, 0.29) is 6.54 Å². The number of carbonyl (C=O) groups excluding carboxylic acids is 1. The summed E-state index contributed by atoms with van der Waals surface area (Å²) < 4.78 is 14.2. The summed E-state index contributed by atoms with van der Waals surface area (Å²) >= 11 is 6.30. The van der Waals surface area contributed by atoms with Crippen LogP contribution in [-0.2, 0) is 11.3 Å². The van der Waals surface area contributed by atoms with Crippen LogP contribution in [0, 0.1) is 6.92 Å². The summed E-state index contributed by atoms with van der Waals surface area (Å²) in [4.78, 5) is 27.7. The molecule has 0 atom stereocenters. The maximum Gasteiger partial charge on any atom is 0.260 e. The molecule has 0 bridgehead atoms. The smallest absolute Gasteiger partial charge is 0.260 e. The predicted molar refractivity (Wildman–Crippen MR) is 116 cm³/mol. The Morgan fingerprint density at radius 1 is 1.27 bits per heavy atom. The maximum atomic E-state index is 14.2. The van der Waals surface area contributed by atoms with Gasteiger partial charge in [0.15, 0.2) is 11.5 Å². The number of piperazine rings is 1. The zero-order valence-electron chi connectivity index (χ0n) is 17.7. The second-order valence-electron chi connectivity index (χ2n) is 8.42. The fourth-order valence-corrected chi connectivity index (χ4v) is 3.85. The molecule has 1 saturated carbocycles. The molecule has 0 unspecified atom stereocenters. The Labute approximate surface area is 181 Å². The zero-order chi connectivity index (χ0) is 21.5. The average Bonchev–Trinajstić information content (AvgIpc) is 3.49. The Kier molecular flexibility index (Phi) is 5.68. The molecule has 8 heteroatoms.